The number of thiophene rings is 1. The van der Waals surface area contributed by atoms with E-state index >= 15 is 0 Å². The first-order valence-electron chi connectivity index (χ1n) is 5.50. The van der Waals surface area contributed by atoms with Gasteiger partial charge in [0.05, 0.1) is 5.39 Å². The molecule has 0 atom stereocenters. The van der Waals surface area contributed by atoms with Gasteiger partial charge in [0, 0.05) is 5.25 Å². The maximum atomic E-state index is 5.92. The van der Waals surface area contributed by atoms with Crippen molar-refractivity contribution < 1.29 is 0 Å². The maximum Gasteiger partial charge on any atom is 0.191 e. The van der Waals surface area contributed by atoms with Crippen molar-refractivity contribution in [1.29, 1.82) is 0 Å². The molecule has 5 heteroatoms. The van der Waals surface area contributed by atoms with Crippen molar-refractivity contribution in [2.45, 2.75) is 36.1 Å². The molecule has 0 aromatic carbocycles. The molecule has 2 heterocycles. The summed E-state index contributed by atoms with van der Waals surface area (Å²) in [6, 6.07) is 1.99. The van der Waals surface area contributed by atoms with E-state index in [0.29, 0.717) is 11.1 Å². The van der Waals surface area contributed by atoms with Crippen molar-refractivity contribution in [3.63, 3.8) is 0 Å². The van der Waals surface area contributed by atoms with Crippen LogP contribution in [0.5, 0.6) is 0 Å². The summed E-state index contributed by atoms with van der Waals surface area (Å²) in [5, 5.41) is 4.54. The summed E-state index contributed by atoms with van der Waals surface area (Å²) in [5.74, 6) is 0.617. The maximum absolute atomic E-state index is 5.92. The van der Waals surface area contributed by atoms with Crippen LogP contribution in [0.15, 0.2) is 16.6 Å². The molecule has 2 N–H and O–H groups in total. The second-order valence-electron chi connectivity index (χ2n) is 4.06. The van der Waals surface area contributed by atoms with Gasteiger partial charge in [-0.2, -0.15) is 0 Å². The molecular formula is C11H13N3S2. The van der Waals surface area contributed by atoms with Gasteiger partial charge in [-0.1, -0.05) is 24.6 Å². The molecule has 3 rings (SSSR count). The zero-order chi connectivity index (χ0) is 11.0. The normalized spacial score (nSPS) is 17.2. The van der Waals surface area contributed by atoms with E-state index in [0.717, 1.165) is 15.4 Å². The fourth-order valence-electron chi connectivity index (χ4n) is 2.07. The van der Waals surface area contributed by atoms with E-state index in [1.165, 1.54) is 25.7 Å². The van der Waals surface area contributed by atoms with Crippen LogP contribution in [0.25, 0.3) is 10.2 Å². The third kappa shape index (κ3) is 1.89. The molecule has 1 fully saturated rings. The van der Waals surface area contributed by atoms with Crippen LogP contribution in [0.1, 0.15) is 25.7 Å². The van der Waals surface area contributed by atoms with Gasteiger partial charge < -0.3 is 5.73 Å². The molecule has 0 unspecified atom stereocenters. The molecule has 2 aromatic heterocycles. The summed E-state index contributed by atoms with van der Waals surface area (Å²) in [7, 11) is 0. The summed E-state index contributed by atoms with van der Waals surface area (Å²) < 4.78 is 0. The topological polar surface area (TPSA) is 51.8 Å². The number of rotatable bonds is 2. The van der Waals surface area contributed by atoms with Crippen LogP contribution in [0.2, 0.25) is 0 Å². The van der Waals surface area contributed by atoms with E-state index in [2.05, 4.69) is 9.97 Å². The van der Waals surface area contributed by atoms with Gasteiger partial charge in [0.25, 0.3) is 0 Å². The number of hydrogen-bond donors (Lipinski definition) is 1. The molecule has 2 aromatic rings. The molecule has 84 valence electrons. The molecule has 0 spiro atoms. The van der Waals surface area contributed by atoms with Crippen LogP contribution >= 0.6 is 23.1 Å². The second kappa shape index (κ2) is 4.22. The zero-order valence-electron chi connectivity index (χ0n) is 8.85. The van der Waals surface area contributed by atoms with Crippen LogP contribution in [0.3, 0.4) is 0 Å². The lowest BCUT2D eigenvalue weighted by molar-refractivity contribution is 0.886. The number of nitrogen functional groups attached to an aromatic ring is 1. The fourth-order valence-corrected chi connectivity index (χ4v) is 4.06. The van der Waals surface area contributed by atoms with E-state index in [-0.39, 0.29) is 0 Å². The predicted molar refractivity (Wildman–Crippen MR) is 69.9 cm³/mol. The smallest absolute Gasteiger partial charge is 0.191 e. The molecule has 0 bridgehead atoms. The highest BCUT2D eigenvalue weighted by Crippen LogP contribution is 2.34. The molecule has 0 aliphatic heterocycles. The largest absolute Gasteiger partial charge is 0.383 e. The lowest BCUT2D eigenvalue weighted by Crippen LogP contribution is -1.99. The number of aromatic nitrogens is 2. The first-order chi connectivity index (χ1) is 7.83. The summed E-state index contributed by atoms with van der Waals surface area (Å²) >= 11 is 3.42. The van der Waals surface area contributed by atoms with Crippen molar-refractivity contribution in [3.8, 4) is 0 Å². The lowest BCUT2D eigenvalue weighted by atomic mass is 10.4. The van der Waals surface area contributed by atoms with Gasteiger partial charge in [-0.05, 0) is 24.3 Å². The minimum atomic E-state index is 0.617. The molecule has 16 heavy (non-hydrogen) atoms. The number of hydrogen-bond acceptors (Lipinski definition) is 5. The number of anilines is 1. The molecule has 0 amide bonds. The number of nitrogens with zero attached hydrogens (tertiary/aromatic N) is 2. The Morgan fingerprint density at radius 2 is 2.12 bits per heavy atom. The predicted octanol–water partition coefficient (Wildman–Crippen LogP) is 3.31. The minimum Gasteiger partial charge on any atom is -0.383 e. The molecule has 0 saturated heterocycles. The van der Waals surface area contributed by atoms with Gasteiger partial charge >= 0.3 is 0 Å². The van der Waals surface area contributed by atoms with Crippen LogP contribution in [0, 0.1) is 0 Å². The first kappa shape index (κ1) is 10.4. The quantitative estimate of drug-likeness (QED) is 0.832. The summed E-state index contributed by atoms with van der Waals surface area (Å²) in [6.07, 6.45) is 5.26. The SMILES string of the molecule is Nc1nc(SC2CCCC2)nc2sccc12. The highest BCUT2D eigenvalue weighted by molar-refractivity contribution is 7.99. The van der Waals surface area contributed by atoms with Crippen LogP contribution in [-0.2, 0) is 0 Å². The number of nitrogens with two attached hydrogens (primary N) is 1. The average molecular weight is 251 g/mol. The van der Waals surface area contributed by atoms with E-state index < -0.39 is 0 Å². The van der Waals surface area contributed by atoms with Gasteiger partial charge in [-0.3, -0.25) is 0 Å². The number of fused-ring (bicyclic) bond motifs is 1. The third-order valence-electron chi connectivity index (χ3n) is 2.91. The van der Waals surface area contributed by atoms with Crippen molar-refractivity contribution >= 4 is 39.1 Å². The average Bonchev–Trinajstić information content (AvgIpc) is 2.87. The van der Waals surface area contributed by atoms with Crippen molar-refractivity contribution in [2.24, 2.45) is 0 Å². The molecule has 1 aliphatic carbocycles. The summed E-state index contributed by atoms with van der Waals surface area (Å²) in [5.41, 5.74) is 5.92. The summed E-state index contributed by atoms with van der Waals surface area (Å²) in [4.78, 5) is 9.93. The minimum absolute atomic E-state index is 0.617. The Labute approximate surface area is 102 Å². The molecule has 1 aliphatic rings. The Balaban J connectivity index is 1.91. The Morgan fingerprint density at radius 1 is 1.31 bits per heavy atom. The molecule has 1 saturated carbocycles. The van der Waals surface area contributed by atoms with E-state index in [1.807, 2.05) is 11.4 Å². The molecule has 0 radical (unpaired) electrons. The Kier molecular flexibility index (Phi) is 2.73. The van der Waals surface area contributed by atoms with Crippen molar-refractivity contribution in [1.82, 2.24) is 9.97 Å². The van der Waals surface area contributed by atoms with Crippen LogP contribution < -0.4 is 5.73 Å². The second-order valence-corrected chi connectivity index (χ2v) is 6.22. The van der Waals surface area contributed by atoms with E-state index in [4.69, 9.17) is 5.73 Å². The molecule has 3 nitrogen and oxygen atoms in total. The highest BCUT2D eigenvalue weighted by Gasteiger charge is 2.18. The Hall–Kier alpha value is -0.810. The molecular weight excluding hydrogens is 238 g/mol. The lowest BCUT2D eigenvalue weighted by Gasteiger charge is -2.07. The zero-order valence-corrected chi connectivity index (χ0v) is 10.5. The van der Waals surface area contributed by atoms with Gasteiger partial charge in [0.1, 0.15) is 10.6 Å². The van der Waals surface area contributed by atoms with Crippen molar-refractivity contribution in [2.75, 3.05) is 5.73 Å². The summed E-state index contributed by atoms with van der Waals surface area (Å²) in [6.45, 7) is 0. The van der Waals surface area contributed by atoms with Gasteiger partial charge in [-0.15, -0.1) is 11.3 Å². The first-order valence-corrected chi connectivity index (χ1v) is 7.26. The van der Waals surface area contributed by atoms with E-state index in [1.54, 1.807) is 23.1 Å². The van der Waals surface area contributed by atoms with Crippen LogP contribution in [-0.4, -0.2) is 15.2 Å². The Morgan fingerprint density at radius 3 is 2.94 bits per heavy atom. The van der Waals surface area contributed by atoms with Gasteiger partial charge in [0.2, 0.25) is 0 Å². The monoisotopic (exact) mass is 251 g/mol. The highest BCUT2D eigenvalue weighted by atomic mass is 32.2. The Bertz CT molecular complexity index is 503. The van der Waals surface area contributed by atoms with Gasteiger partial charge in [0.15, 0.2) is 5.16 Å². The van der Waals surface area contributed by atoms with Gasteiger partial charge in [-0.25, -0.2) is 9.97 Å². The van der Waals surface area contributed by atoms with Crippen LogP contribution in [0.4, 0.5) is 5.82 Å². The standard InChI is InChI=1S/C11H13N3S2/c12-9-8-5-6-15-10(8)14-11(13-9)16-7-3-1-2-4-7/h5-7H,1-4H2,(H2,12,13,14). The fraction of sp³-hybridized carbons (Fsp3) is 0.455. The van der Waals surface area contributed by atoms with E-state index in [9.17, 15) is 0 Å². The number of thioether (sulfide) groups is 1. The third-order valence-corrected chi connectivity index (χ3v) is 4.91. The van der Waals surface area contributed by atoms with Crippen molar-refractivity contribution in [3.05, 3.63) is 11.4 Å².